The monoisotopic (exact) mass is 237 g/mol. The minimum Gasteiger partial charge on any atom is -0.330 e. The summed E-state index contributed by atoms with van der Waals surface area (Å²) in [6.45, 7) is 8.22. The van der Waals surface area contributed by atoms with E-state index in [0.717, 1.165) is 32.0 Å². The van der Waals surface area contributed by atoms with Gasteiger partial charge < -0.3 is 5.73 Å². The molecule has 0 spiro atoms. The van der Waals surface area contributed by atoms with Crippen LogP contribution in [0, 0.1) is 5.92 Å². The first kappa shape index (κ1) is 12.5. The molecule has 1 aliphatic heterocycles. The van der Waals surface area contributed by atoms with Crippen molar-refractivity contribution in [2.45, 2.75) is 39.3 Å². The van der Waals surface area contributed by atoms with Gasteiger partial charge in [0.2, 0.25) is 0 Å². The Morgan fingerprint density at radius 3 is 3.06 bits per heavy atom. The van der Waals surface area contributed by atoms with Crippen LogP contribution in [0.25, 0.3) is 0 Å². The first-order valence-corrected chi connectivity index (χ1v) is 6.51. The van der Waals surface area contributed by atoms with E-state index in [2.05, 4.69) is 28.8 Å². The van der Waals surface area contributed by atoms with Crippen LogP contribution in [0.3, 0.4) is 0 Å². The molecular formula is C12H23N5. The molecule has 1 fully saturated rings. The van der Waals surface area contributed by atoms with Crippen LogP contribution in [-0.4, -0.2) is 39.3 Å². The van der Waals surface area contributed by atoms with Crippen LogP contribution < -0.4 is 5.73 Å². The van der Waals surface area contributed by atoms with E-state index in [0.29, 0.717) is 12.0 Å². The number of rotatable bonds is 4. The number of nitrogens with zero attached hydrogens (tertiary/aromatic N) is 4. The van der Waals surface area contributed by atoms with Gasteiger partial charge in [-0.25, -0.2) is 9.67 Å². The van der Waals surface area contributed by atoms with Crippen molar-refractivity contribution in [1.29, 1.82) is 0 Å². The fraction of sp³-hybridized carbons (Fsp3) is 0.833. The molecule has 17 heavy (non-hydrogen) atoms. The number of hydrogen-bond acceptors (Lipinski definition) is 4. The van der Waals surface area contributed by atoms with Crippen molar-refractivity contribution in [1.82, 2.24) is 19.7 Å². The maximum absolute atomic E-state index is 5.76. The number of piperidine rings is 1. The zero-order chi connectivity index (χ0) is 12.3. The van der Waals surface area contributed by atoms with Crippen LogP contribution >= 0.6 is 0 Å². The molecular weight excluding hydrogens is 214 g/mol. The largest absolute Gasteiger partial charge is 0.330 e. The minimum absolute atomic E-state index is 0.377. The number of hydrogen-bond donors (Lipinski definition) is 1. The highest BCUT2D eigenvalue weighted by atomic mass is 15.4. The summed E-state index contributed by atoms with van der Waals surface area (Å²) in [5, 5.41) is 4.27. The maximum Gasteiger partial charge on any atom is 0.141 e. The van der Waals surface area contributed by atoms with E-state index in [1.165, 1.54) is 12.8 Å². The summed E-state index contributed by atoms with van der Waals surface area (Å²) in [6.07, 6.45) is 4.17. The summed E-state index contributed by atoms with van der Waals surface area (Å²) in [4.78, 5) is 6.81. The summed E-state index contributed by atoms with van der Waals surface area (Å²) in [5.41, 5.74) is 5.76. The van der Waals surface area contributed by atoms with Crippen LogP contribution in [0.1, 0.15) is 38.6 Å². The minimum atomic E-state index is 0.377. The van der Waals surface area contributed by atoms with Gasteiger partial charge in [0.15, 0.2) is 0 Å². The molecule has 0 aliphatic carbocycles. The summed E-state index contributed by atoms with van der Waals surface area (Å²) in [7, 11) is 0. The SMILES string of the molecule is CC(C)n1ncnc1CN1CCCC(CN)C1. The molecule has 1 aromatic heterocycles. The van der Waals surface area contributed by atoms with E-state index in [-0.39, 0.29) is 0 Å². The van der Waals surface area contributed by atoms with E-state index in [9.17, 15) is 0 Å². The second-order valence-corrected chi connectivity index (χ2v) is 5.19. The molecule has 2 N–H and O–H groups in total. The number of nitrogens with two attached hydrogens (primary N) is 1. The Morgan fingerprint density at radius 1 is 1.53 bits per heavy atom. The lowest BCUT2D eigenvalue weighted by atomic mass is 9.98. The summed E-state index contributed by atoms with van der Waals surface area (Å²) >= 11 is 0. The molecule has 1 unspecified atom stereocenters. The standard InChI is InChI=1S/C12H23N5/c1-10(2)17-12(14-9-15-17)8-16-5-3-4-11(6-13)7-16/h9-11H,3-8,13H2,1-2H3. The van der Waals surface area contributed by atoms with Crippen molar-refractivity contribution in [3.8, 4) is 0 Å². The normalized spacial score (nSPS) is 22.2. The van der Waals surface area contributed by atoms with Gasteiger partial charge >= 0.3 is 0 Å². The fourth-order valence-corrected chi connectivity index (χ4v) is 2.51. The second kappa shape index (κ2) is 5.60. The summed E-state index contributed by atoms with van der Waals surface area (Å²) < 4.78 is 2.01. The lowest BCUT2D eigenvalue weighted by Gasteiger charge is -2.31. The molecule has 0 saturated carbocycles. The Labute approximate surface area is 103 Å². The van der Waals surface area contributed by atoms with E-state index in [4.69, 9.17) is 5.73 Å². The zero-order valence-electron chi connectivity index (χ0n) is 10.8. The molecule has 96 valence electrons. The predicted molar refractivity (Wildman–Crippen MR) is 67.5 cm³/mol. The molecule has 1 atom stereocenters. The fourth-order valence-electron chi connectivity index (χ4n) is 2.51. The average molecular weight is 237 g/mol. The van der Waals surface area contributed by atoms with E-state index in [1.54, 1.807) is 6.33 Å². The number of likely N-dealkylation sites (tertiary alicyclic amines) is 1. The van der Waals surface area contributed by atoms with Crippen LogP contribution in [0.15, 0.2) is 6.33 Å². The van der Waals surface area contributed by atoms with Gasteiger partial charge in [0.1, 0.15) is 12.2 Å². The third-order valence-electron chi connectivity index (χ3n) is 3.44. The quantitative estimate of drug-likeness (QED) is 0.849. The van der Waals surface area contributed by atoms with Crippen molar-refractivity contribution >= 4 is 0 Å². The third kappa shape index (κ3) is 3.04. The smallest absolute Gasteiger partial charge is 0.141 e. The highest BCUT2D eigenvalue weighted by Crippen LogP contribution is 2.17. The van der Waals surface area contributed by atoms with Crippen LogP contribution in [0.4, 0.5) is 0 Å². The lowest BCUT2D eigenvalue weighted by molar-refractivity contribution is 0.164. The van der Waals surface area contributed by atoms with Crippen molar-refractivity contribution in [3.63, 3.8) is 0 Å². The van der Waals surface area contributed by atoms with Gasteiger partial charge in [0.05, 0.1) is 6.54 Å². The molecule has 1 aromatic rings. The van der Waals surface area contributed by atoms with Crippen LogP contribution in [0.5, 0.6) is 0 Å². The van der Waals surface area contributed by atoms with E-state index in [1.807, 2.05) is 4.68 Å². The molecule has 2 heterocycles. The molecule has 1 saturated heterocycles. The van der Waals surface area contributed by atoms with Crippen molar-refractivity contribution in [2.24, 2.45) is 11.7 Å². The summed E-state index contributed by atoms with van der Waals surface area (Å²) in [6, 6.07) is 0.377. The Balaban J connectivity index is 1.98. The molecule has 1 aliphatic rings. The molecule has 0 bridgehead atoms. The molecule has 5 nitrogen and oxygen atoms in total. The Hall–Kier alpha value is -0.940. The van der Waals surface area contributed by atoms with Crippen molar-refractivity contribution in [3.05, 3.63) is 12.2 Å². The first-order chi connectivity index (χ1) is 8.20. The van der Waals surface area contributed by atoms with Gasteiger partial charge in [-0.1, -0.05) is 0 Å². The lowest BCUT2D eigenvalue weighted by Crippen LogP contribution is -2.38. The highest BCUT2D eigenvalue weighted by Gasteiger charge is 2.20. The van der Waals surface area contributed by atoms with Crippen LogP contribution in [-0.2, 0) is 6.54 Å². The van der Waals surface area contributed by atoms with E-state index >= 15 is 0 Å². The van der Waals surface area contributed by atoms with Crippen molar-refractivity contribution < 1.29 is 0 Å². The van der Waals surface area contributed by atoms with Gasteiger partial charge in [-0.15, -0.1) is 0 Å². The number of aromatic nitrogens is 3. The zero-order valence-corrected chi connectivity index (χ0v) is 10.8. The Kier molecular flexibility index (Phi) is 4.12. The third-order valence-corrected chi connectivity index (χ3v) is 3.44. The molecule has 2 rings (SSSR count). The van der Waals surface area contributed by atoms with Gasteiger partial charge in [-0.3, -0.25) is 4.90 Å². The maximum atomic E-state index is 5.76. The highest BCUT2D eigenvalue weighted by molar-refractivity contribution is 4.88. The molecule has 5 heteroatoms. The van der Waals surface area contributed by atoms with Gasteiger partial charge in [-0.05, 0) is 45.7 Å². The van der Waals surface area contributed by atoms with Gasteiger partial charge in [0.25, 0.3) is 0 Å². The predicted octanol–water partition coefficient (Wildman–Crippen LogP) is 1.03. The van der Waals surface area contributed by atoms with Crippen molar-refractivity contribution in [2.75, 3.05) is 19.6 Å². The van der Waals surface area contributed by atoms with E-state index < -0.39 is 0 Å². The van der Waals surface area contributed by atoms with Crippen LogP contribution in [0.2, 0.25) is 0 Å². The summed E-state index contributed by atoms with van der Waals surface area (Å²) in [5.74, 6) is 1.72. The molecule has 0 aromatic carbocycles. The Bertz CT molecular complexity index is 346. The molecule has 0 radical (unpaired) electrons. The average Bonchev–Trinajstić information content (AvgIpc) is 2.77. The second-order valence-electron chi connectivity index (χ2n) is 5.19. The van der Waals surface area contributed by atoms with Gasteiger partial charge in [-0.2, -0.15) is 5.10 Å². The first-order valence-electron chi connectivity index (χ1n) is 6.51. The van der Waals surface area contributed by atoms with Gasteiger partial charge in [0, 0.05) is 12.6 Å². The topological polar surface area (TPSA) is 60.0 Å². The molecule has 0 amide bonds. The Morgan fingerprint density at radius 2 is 2.35 bits per heavy atom.